The van der Waals surface area contributed by atoms with Crippen molar-refractivity contribution in [3.63, 3.8) is 0 Å². The molecule has 226 valence electrons. The minimum absolute atomic E-state index is 0.198. The van der Waals surface area contributed by atoms with E-state index in [0.717, 1.165) is 31.4 Å². The first-order chi connectivity index (χ1) is 19.2. The molecule has 6 aliphatic rings. The van der Waals surface area contributed by atoms with Crippen LogP contribution in [0.5, 0.6) is 0 Å². The molecule has 7 nitrogen and oxygen atoms in total. The van der Waals surface area contributed by atoms with Gasteiger partial charge < -0.3 is 13.6 Å². The molecule has 41 heavy (non-hydrogen) atoms. The lowest BCUT2D eigenvalue weighted by Gasteiger charge is -2.56. The summed E-state index contributed by atoms with van der Waals surface area (Å²) in [7, 11) is -4.71. The highest BCUT2D eigenvalue weighted by atomic mass is 28.4. The molecule has 0 aromatic heterocycles. The molecule has 4 fully saturated rings. The number of fused-ring (bicyclic) bond motifs is 3. The molecule has 3 aliphatic heterocycles. The van der Waals surface area contributed by atoms with E-state index in [1.807, 2.05) is 0 Å². The molecular weight excluding hydrogens is 547 g/mol. The molecule has 9 heteroatoms. The third kappa shape index (κ3) is 3.85. The Bertz CT molecular complexity index is 1220. The average Bonchev–Trinajstić information content (AvgIpc) is 3.29. The van der Waals surface area contributed by atoms with Gasteiger partial charge in [0.25, 0.3) is 0 Å². The number of ether oxygens (including phenoxy) is 1. The van der Waals surface area contributed by atoms with Gasteiger partial charge in [0.2, 0.25) is 0 Å². The SMILES string of the molecule is CC(C)[Si]1(C(C)C)C[Si](C(C)C)(C(C)C)O[C@@H]2C3=CC4=CC[C@]5(C)C(=O)CC[C@H]5[C@@]45CC[C@]3(C[C@H](N=[N+]=[N-])[C@H]2O1)O5. The van der Waals surface area contributed by atoms with Gasteiger partial charge in [-0.15, -0.1) is 0 Å². The molecule has 0 N–H and O–H groups in total. The minimum atomic E-state index is -2.36. The lowest BCUT2D eigenvalue weighted by molar-refractivity contribution is -0.156. The zero-order valence-electron chi connectivity index (χ0n) is 26.7. The second-order valence-corrected chi connectivity index (χ2v) is 26.0. The first kappa shape index (κ1) is 29.8. The number of allylic oxidation sites excluding steroid dienone is 1. The number of Topliss-reactive ketones (excluding diaryl/α,β-unsaturated/α-hetero) is 1. The third-order valence-corrected chi connectivity index (χ3v) is 26.5. The van der Waals surface area contributed by atoms with Crippen molar-refractivity contribution in [1.82, 2.24) is 0 Å². The van der Waals surface area contributed by atoms with Crippen molar-refractivity contribution in [3.8, 4) is 0 Å². The monoisotopic (exact) mass is 597 g/mol. The standard InChI is InChI=1S/C32H51N3O4Si2/c1-19(2)40(20(3)4)18-41(21(5)6,22(7)8)38-29-25(34-35-33)17-31-14-15-32(39-31)23(16-24(31)28(29)37-40)12-13-30(9)26(32)10-11-27(30)36/h12,16,19-22,25-26,28-29H,10-11,13-15,17-18H2,1-9H3/t25-,26+,28+,29+,30-,31+,32+/m0/s1. The van der Waals surface area contributed by atoms with E-state index in [2.05, 4.69) is 84.5 Å². The number of nitrogens with zero attached hydrogens (tertiary/aromatic N) is 3. The molecule has 3 heterocycles. The van der Waals surface area contributed by atoms with Crippen molar-refractivity contribution >= 4 is 22.4 Å². The maximum atomic E-state index is 13.1. The molecule has 3 aliphatic carbocycles. The van der Waals surface area contributed by atoms with Crippen LogP contribution >= 0.6 is 0 Å². The number of carbonyl (C=O) groups excluding carboxylic acids is 1. The lowest BCUT2D eigenvalue weighted by atomic mass is 9.61. The summed E-state index contributed by atoms with van der Waals surface area (Å²) in [6.07, 6.45) is 8.88. The fourth-order valence-electron chi connectivity index (χ4n) is 10.3. The fourth-order valence-corrected chi connectivity index (χ4v) is 26.3. The molecule has 0 aromatic carbocycles. The van der Waals surface area contributed by atoms with Crippen LogP contribution in [-0.2, 0) is 18.4 Å². The Hall–Kier alpha value is -1.23. The molecule has 0 amide bonds. The highest BCUT2D eigenvalue weighted by Gasteiger charge is 2.70. The van der Waals surface area contributed by atoms with Crippen LogP contribution in [0.3, 0.4) is 0 Å². The van der Waals surface area contributed by atoms with Crippen LogP contribution < -0.4 is 0 Å². The molecule has 0 unspecified atom stereocenters. The maximum Gasteiger partial charge on any atom is 0.198 e. The van der Waals surface area contributed by atoms with Crippen molar-refractivity contribution in [2.75, 3.05) is 0 Å². The molecule has 2 bridgehead atoms. The van der Waals surface area contributed by atoms with E-state index in [9.17, 15) is 10.3 Å². The van der Waals surface area contributed by atoms with Crippen LogP contribution in [0.25, 0.3) is 10.4 Å². The molecule has 0 aromatic rings. The number of hydrogen-bond acceptors (Lipinski definition) is 5. The van der Waals surface area contributed by atoms with E-state index >= 15 is 0 Å². The zero-order chi connectivity index (χ0) is 29.8. The Balaban J connectivity index is 1.55. The summed E-state index contributed by atoms with van der Waals surface area (Å²) in [5.74, 6) is 0.583. The number of azide groups is 1. The Kier molecular flexibility index (Phi) is 7.01. The average molecular weight is 598 g/mol. The highest BCUT2D eigenvalue weighted by molar-refractivity contribution is 6.94. The fraction of sp³-hybridized carbons (Fsp3) is 0.844. The van der Waals surface area contributed by atoms with Gasteiger partial charge in [-0.25, -0.2) is 0 Å². The second-order valence-electron chi connectivity index (χ2n) is 15.7. The molecule has 0 radical (unpaired) electrons. The van der Waals surface area contributed by atoms with Gasteiger partial charge in [-0.1, -0.05) is 79.6 Å². The maximum absolute atomic E-state index is 13.1. The van der Waals surface area contributed by atoms with Gasteiger partial charge in [-0.3, -0.25) is 4.79 Å². The van der Waals surface area contributed by atoms with Crippen LogP contribution in [0.2, 0.25) is 27.8 Å². The summed E-state index contributed by atoms with van der Waals surface area (Å²) in [5.41, 5.74) is 13.7. The van der Waals surface area contributed by atoms with Gasteiger partial charge in [0.05, 0.1) is 29.5 Å². The smallest absolute Gasteiger partial charge is 0.198 e. The van der Waals surface area contributed by atoms with E-state index < -0.39 is 27.8 Å². The molecule has 6 rings (SSSR count). The van der Waals surface area contributed by atoms with Crippen LogP contribution in [-0.4, -0.2) is 51.9 Å². The van der Waals surface area contributed by atoms with Gasteiger partial charge in [0.15, 0.2) is 16.6 Å². The minimum Gasteiger partial charge on any atom is -0.410 e. The van der Waals surface area contributed by atoms with Crippen molar-refractivity contribution in [3.05, 3.63) is 33.7 Å². The topological polar surface area (TPSA) is 93.5 Å². The van der Waals surface area contributed by atoms with Gasteiger partial charge in [-0.2, -0.15) is 0 Å². The zero-order valence-corrected chi connectivity index (χ0v) is 28.7. The largest absolute Gasteiger partial charge is 0.410 e. The predicted octanol–water partition coefficient (Wildman–Crippen LogP) is 8.47. The van der Waals surface area contributed by atoms with Crippen LogP contribution in [0.1, 0.15) is 101 Å². The van der Waals surface area contributed by atoms with E-state index in [0.29, 0.717) is 40.8 Å². The van der Waals surface area contributed by atoms with Gasteiger partial charge in [0, 0.05) is 22.7 Å². The van der Waals surface area contributed by atoms with Crippen LogP contribution in [0, 0.1) is 11.3 Å². The Morgan fingerprint density at radius 2 is 1.63 bits per heavy atom. The molecule has 7 atom stereocenters. The Labute approximate surface area is 248 Å². The summed E-state index contributed by atoms with van der Waals surface area (Å²) < 4.78 is 22.7. The van der Waals surface area contributed by atoms with E-state index in [4.69, 9.17) is 13.6 Å². The van der Waals surface area contributed by atoms with E-state index in [1.165, 1.54) is 11.1 Å². The van der Waals surface area contributed by atoms with Gasteiger partial charge >= 0.3 is 0 Å². The summed E-state index contributed by atoms with van der Waals surface area (Å²) in [4.78, 5) is 16.5. The first-order valence-corrected chi connectivity index (χ1v) is 20.8. The highest BCUT2D eigenvalue weighted by Crippen LogP contribution is 2.67. The predicted molar refractivity (Wildman–Crippen MR) is 166 cm³/mol. The molecular formula is C32H51N3O4Si2. The molecule has 2 spiro atoms. The quantitative estimate of drug-likeness (QED) is 0.137. The Morgan fingerprint density at radius 1 is 1.00 bits per heavy atom. The summed E-state index contributed by atoms with van der Waals surface area (Å²) in [6.45, 7) is 21.0. The Morgan fingerprint density at radius 3 is 2.24 bits per heavy atom. The second kappa shape index (κ2) is 9.64. The number of rotatable bonds is 5. The number of hydrogen-bond donors (Lipinski definition) is 0. The van der Waals surface area contributed by atoms with E-state index in [1.54, 1.807) is 0 Å². The first-order valence-electron chi connectivity index (χ1n) is 16.3. The number of ketones is 1. The van der Waals surface area contributed by atoms with Gasteiger partial charge in [-0.05, 0) is 76.6 Å². The molecule has 2 saturated heterocycles. The molecule has 2 saturated carbocycles. The van der Waals surface area contributed by atoms with Gasteiger partial charge in [0.1, 0.15) is 5.78 Å². The van der Waals surface area contributed by atoms with Crippen molar-refractivity contribution in [2.24, 2.45) is 16.4 Å². The lowest BCUT2D eigenvalue weighted by Crippen LogP contribution is -2.62. The summed E-state index contributed by atoms with van der Waals surface area (Å²) in [5, 5.41) is 4.47. The van der Waals surface area contributed by atoms with Crippen LogP contribution in [0.4, 0.5) is 0 Å². The van der Waals surface area contributed by atoms with Crippen molar-refractivity contribution < 1.29 is 18.4 Å². The summed E-state index contributed by atoms with van der Waals surface area (Å²) >= 11 is 0. The van der Waals surface area contributed by atoms with Crippen molar-refractivity contribution in [1.29, 1.82) is 0 Å². The number of carbonyl (C=O) groups is 1. The van der Waals surface area contributed by atoms with Crippen LogP contribution in [0.15, 0.2) is 28.4 Å². The summed E-state index contributed by atoms with van der Waals surface area (Å²) in [6, 6.07) is -0.350. The van der Waals surface area contributed by atoms with E-state index in [-0.39, 0.29) is 29.6 Å². The normalized spacial score (nSPS) is 42.2. The van der Waals surface area contributed by atoms with Crippen molar-refractivity contribution in [2.45, 2.75) is 158 Å². The third-order valence-electron chi connectivity index (χ3n) is 12.9.